The highest BCUT2D eigenvalue weighted by Crippen LogP contribution is 2.29. The van der Waals surface area contributed by atoms with Crippen LogP contribution < -0.4 is 10.2 Å². The highest BCUT2D eigenvalue weighted by atomic mass is 32.2. The smallest absolute Gasteiger partial charge is 0.243 e. The maximum Gasteiger partial charge on any atom is 0.243 e. The number of rotatable bonds is 5. The van der Waals surface area contributed by atoms with Gasteiger partial charge in [0.25, 0.3) is 0 Å². The van der Waals surface area contributed by atoms with E-state index in [-0.39, 0.29) is 18.3 Å². The first-order chi connectivity index (χ1) is 11.6. The van der Waals surface area contributed by atoms with Gasteiger partial charge in [0.15, 0.2) is 5.13 Å². The fourth-order valence-corrected chi connectivity index (χ4v) is 3.57. The van der Waals surface area contributed by atoms with Gasteiger partial charge < -0.3 is 10.2 Å². The number of carbonyl (C=O) groups excluding carboxylic acids is 1. The maximum atomic E-state index is 13.7. The molecule has 4 nitrogen and oxygen atoms in total. The second-order valence-electron chi connectivity index (χ2n) is 5.22. The molecule has 0 bridgehead atoms. The minimum absolute atomic E-state index is 0.144. The van der Waals surface area contributed by atoms with Crippen molar-refractivity contribution in [2.24, 2.45) is 0 Å². The third-order valence-electron chi connectivity index (χ3n) is 3.44. The van der Waals surface area contributed by atoms with Crippen LogP contribution in [0.1, 0.15) is 0 Å². The van der Waals surface area contributed by atoms with E-state index in [4.69, 9.17) is 0 Å². The summed E-state index contributed by atoms with van der Waals surface area (Å²) in [6.45, 7) is 0.145. The predicted molar refractivity (Wildman–Crippen MR) is 99.7 cm³/mol. The molecule has 7 heteroatoms. The summed E-state index contributed by atoms with van der Waals surface area (Å²) in [6.07, 6.45) is 2.00. The number of nitrogens with one attached hydrogen (secondary N) is 1. The zero-order chi connectivity index (χ0) is 17.1. The number of benzene rings is 2. The fourth-order valence-electron chi connectivity index (χ4n) is 2.22. The molecule has 0 radical (unpaired) electrons. The monoisotopic (exact) mass is 361 g/mol. The van der Waals surface area contributed by atoms with Gasteiger partial charge >= 0.3 is 0 Å². The van der Waals surface area contributed by atoms with E-state index in [0.29, 0.717) is 10.6 Å². The van der Waals surface area contributed by atoms with Crippen molar-refractivity contribution >= 4 is 50.0 Å². The van der Waals surface area contributed by atoms with E-state index in [2.05, 4.69) is 10.3 Å². The van der Waals surface area contributed by atoms with Gasteiger partial charge in [-0.1, -0.05) is 17.4 Å². The molecule has 0 unspecified atom stereocenters. The maximum absolute atomic E-state index is 13.7. The minimum Gasteiger partial charge on any atom is -0.342 e. The Kier molecular flexibility index (Phi) is 5.01. The summed E-state index contributed by atoms with van der Waals surface area (Å²) in [5, 5.41) is 3.47. The van der Waals surface area contributed by atoms with Crippen molar-refractivity contribution in [3.05, 3.63) is 48.3 Å². The van der Waals surface area contributed by atoms with Gasteiger partial charge in [-0.3, -0.25) is 4.79 Å². The van der Waals surface area contributed by atoms with Crippen LogP contribution in [0.2, 0.25) is 0 Å². The third kappa shape index (κ3) is 3.68. The largest absolute Gasteiger partial charge is 0.342 e. The molecule has 1 N–H and O–H groups in total. The molecule has 0 aliphatic carbocycles. The van der Waals surface area contributed by atoms with Crippen LogP contribution in [0, 0.1) is 5.82 Å². The second kappa shape index (κ2) is 7.19. The van der Waals surface area contributed by atoms with Crippen molar-refractivity contribution in [1.29, 1.82) is 0 Å². The van der Waals surface area contributed by atoms with Crippen molar-refractivity contribution in [2.45, 2.75) is 4.90 Å². The zero-order valence-corrected chi connectivity index (χ0v) is 14.9. The Labute approximate surface area is 147 Å². The number of carbonyl (C=O) groups is 1. The first-order valence-electron chi connectivity index (χ1n) is 7.27. The zero-order valence-electron chi connectivity index (χ0n) is 13.2. The van der Waals surface area contributed by atoms with Gasteiger partial charge in [-0.25, -0.2) is 9.37 Å². The Morgan fingerprint density at radius 3 is 2.71 bits per heavy atom. The second-order valence-corrected chi connectivity index (χ2v) is 7.10. The highest BCUT2D eigenvalue weighted by Gasteiger charge is 2.14. The quantitative estimate of drug-likeness (QED) is 0.691. The summed E-state index contributed by atoms with van der Waals surface area (Å²) >= 11 is 3.01. The first-order valence-corrected chi connectivity index (χ1v) is 9.31. The molecule has 1 heterocycles. The number of thiazole rings is 1. The molecule has 0 saturated heterocycles. The number of hydrogen-bond acceptors (Lipinski definition) is 5. The van der Waals surface area contributed by atoms with Gasteiger partial charge in [-0.15, -0.1) is 11.8 Å². The summed E-state index contributed by atoms with van der Waals surface area (Å²) in [7, 11) is 1.77. The van der Waals surface area contributed by atoms with Crippen LogP contribution in [0.4, 0.5) is 15.2 Å². The summed E-state index contributed by atoms with van der Waals surface area (Å²) in [5.41, 5.74) is 1.10. The number of thioether (sulfide) groups is 1. The standard InChI is InChI=1S/C17H16FN3OS2/c1-21(17-20-16-13(18)4-3-5-14(16)24-17)10-15(22)19-11-6-8-12(23-2)9-7-11/h3-9H,10H2,1-2H3,(H,19,22). The highest BCUT2D eigenvalue weighted by molar-refractivity contribution is 7.98. The van der Waals surface area contributed by atoms with Crippen molar-refractivity contribution in [2.75, 3.05) is 30.1 Å². The minimum atomic E-state index is -0.346. The number of anilines is 2. The summed E-state index contributed by atoms with van der Waals surface area (Å²) < 4.78 is 14.5. The molecule has 1 aromatic heterocycles. The summed E-state index contributed by atoms with van der Waals surface area (Å²) in [6, 6.07) is 12.5. The average Bonchev–Trinajstić information content (AvgIpc) is 3.01. The first kappa shape index (κ1) is 16.7. The van der Waals surface area contributed by atoms with Crippen LogP contribution in [0.5, 0.6) is 0 Å². The van der Waals surface area contributed by atoms with Gasteiger partial charge in [0.2, 0.25) is 5.91 Å². The molecule has 0 aliphatic rings. The lowest BCUT2D eigenvalue weighted by Gasteiger charge is -2.15. The number of fused-ring (bicyclic) bond motifs is 1. The molecular weight excluding hydrogens is 345 g/mol. The van der Waals surface area contributed by atoms with E-state index in [1.54, 1.807) is 29.8 Å². The van der Waals surface area contributed by atoms with Gasteiger partial charge in [0.1, 0.15) is 11.3 Å². The Balaban J connectivity index is 1.67. The molecule has 3 rings (SSSR count). The SMILES string of the molecule is CSc1ccc(NC(=O)CN(C)c2nc3c(F)cccc3s2)cc1. The molecule has 0 fully saturated rings. The molecule has 124 valence electrons. The molecule has 1 amide bonds. The van der Waals surface area contributed by atoms with E-state index in [0.717, 1.165) is 15.3 Å². The van der Waals surface area contributed by atoms with E-state index in [9.17, 15) is 9.18 Å². The Hall–Kier alpha value is -2.12. The number of para-hydroxylation sites is 1. The Bertz CT molecular complexity index is 864. The Morgan fingerprint density at radius 2 is 2.04 bits per heavy atom. The van der Waals surface area contributed by atoms with E-state index < -0.39 is 0 Å². The molecular formula is C17H16FN3OS2. The van der Waals surface area contributed by atoms with E-state index in [1.807, 2.05) is 36.6 Å². The normalized spacial score (nSPS) is 10.8. The van der Waals surface area contributed by atoms with E-state index in [1.165, 1.54) is 17.4 Å². The number of halogens is 1. The van der Waals surface area contributed by atoms with Crippen LogP contribution in [0.3, 0.4) is 0 Å². The number of aromatic nitrogens is 1. The molecule has 0 saturated carbocycles. The number of amides is 1. The molecule has 0 aliphatic heterocycles. The topological polar surface area (TPSA) is 45.2 Å². The lowest BCUT2D eigenvalue weighted by molar-refractivity contribution is -0.114. The molecule has 3 aromatic rings. The third-order valence-corrected chi connectivity index (χ3v) is 5.32. The van der Waals surface area contributed by atoms with Crippen LogP contribution in [-0.4, -0.2) is 30.7 Å². The van der Waals surface area contributed by atoms with Crippen molar-refractivity contribution in [3.8, 4) is 0 Å². The van der Waals surface area contributed by atoms with Crippen LogP contribution in [0.15, 0.2) is 47.4 Å². The predicted octanol–water partition coefficient (Wildman–Crippen LogP) is 4.23. The summed E-state index contributed by atoms with van der Waals surface area (Å²) in [5.74, 6) is -0.490. The van der Waals surface area contributed by atoms with Crippen LogP contribution in [0.25, 0.3) is 10.2 Å². The Morgan fingerprint density at radius 1 is 1.29 bits per heavy atom. The number of likely N-dealkylation sites (N-methyl/N-ethyl adjacent to an activating group) is 1. The van der Waals surface area contributed by atoms with Crippen LogP contribution >= 0.6 is 23.1 Å². The van der Waals surface area contributed by atoms with Crippen molar-refractivity contribution in [3.63, 3.8) is 0 Å². The van der Waals surface area contributed by atoms with Crippen molar-refractivity contribution < 1.29 is 9.18 Å². The number of nitrogens with zero attached hydrogens (tertiary/aromatic N) is 2. The molecule has 2 aromatic carbocycles. The fraction of sp³-hybridized carbons (Fsp3) is 0.176. The van der Waals surface area contributed by atoms with Gasteiger partial charge in [0.05, 0.1) is 11.2 Å². The van der Waals surface area contributed by atoms with Crippen molar-refractivity contribution in [1.82, 2.24) is 4.98 Å². The van der Waals surface area contributed by atoms with Gasteiger partial charge in [-0.05, 0) is 42.7 Å². The molecule has 0 atom stereocenters. The van der Waals surface area contributed by atoms with Gasteiger partial charge in [-0.2, -0.15) is 0 Å². The number of hydrogen-bond donors (Lipinski definition) is 1. The lowest BCUT2D eigenvalue weighted by atomic mass is 10.3. The molecule has 0 spiro atoms. The van der Waals surface area contributed by atoms with Gasteiger partial charge in [0, 0.05) is 17.6 Å². The summed E-state index contributed by atoms with van der Waals surface area (Å²) in [4.78, 5) is 19.3. The molecule has 24 heavy (non-hydrogen) atoms. The average molecular weight is 361 g/mol. The van der Waals surface area contributed by atoms with Crippen LogP contribution in [-0.2, 0) is 4.79 Å². The van der Waals surface area contributed by atoms with E-state index >= 15 is 0 Å². The lowest BCUT2D eigenvalue weighted by Crippen LogP contribution is -2.29.